The van der Waals surface area contributed by atoms with E-state index in [-0.39, 0.29) is 0 Å². The number of pyridine rings is 1. The second-order valence-electron chi connectivity index (χ2n) is 6.49. The smallest absolute Gasteiger partial charge is 0.156 e. The van der Waals surface area contributed by atoms with E-state index in [9.17, 15) is 5.26 Å². The van der Waals surface area contributed by atoms with Crippen LogP contribution in [0.2, 0.25) is 0 Å². The molecule has 0 saturated carbocycles. The van der Waals surface area contributed by atoms with Crippen molar-refractivity contribution in [1.82, 2.24) is 4.98 Å². The number of nitriles is 1. The SMILES string of the molecule is COCCCNc1nc(NCCCOC)c(N=Nc2ccc(Br)cc2)c(C)c1C#N. The van der Waals surface area contributed by atoms with Gasteiger partial charge in [0.2, 0.25) is 0 Å². The predicted octanol–water partition coefficient (Wildman–Crippen LogP) is 5.34. The summed E-state index contributed by atoms with van der Waals surface area (Å²) in [6.45, 7) is 4.44. The molecule has 0 amide bonds. The fourth-order valence-electron chi connectivity index (χ4n) is 2.67. The molecule has 0 unspecified atom stereocenters. The first kappa shape index (κ1) is 23.7. The monoisotopic (exact) mass is 474 g/mol. The Kier molecular flexibility index (Phi) is 10.2. The van der Waals surface area contributed by atoms with Crippen LogP contribution in [0.15, 0.2) is 39.0 Å². The van der Waals surface area contributed by atoms with Gasteiger partial charge in [0, 0.05) is 50.6 Å². The zero-order valence-electron chi connectivity index (χ0n) is 17.5. The summed E-state index contributed by atoms with van der Waals surface area (Å²) in [4.78, 5) is 4.64. The van der Waals surface area contributed by atoms with Gasteiger partial charge < -0.3 is 20.1 Å². The van der Waals surface area contributed by atoms with Crippen molar-refractivity contribution in [3.63, 3.8) is 0 Å². The van der Waals surface area contributed by atoms with Crippen LogP contribution in [0.1, 0.15) is 24.0 Å². The van der Waals surface area contributed by atoms with E-state index in [4.69, 9.17) is 9.47 Å². The second-order valence-corrected chi connectivity index (χ2v) is 7.41. The third-order valence-electron chi connectivity index (χ3n) is 4.25. The number of benzene rings is 1. The summed E-state index contributed by atoms with van der Waals surface area (Å²) in [5, 5.41) is 25.0. The Morgan fingerprint density at radius 2 is 1.60 bits per heavy atom. The normalized spacial score (nSPS) is 10.9. The average Bonchev–Trinajstić information content (AvgIpc) is 2.75. The summed E-state index contributed by atoms with van der Waals surface area (Å²) in [6.07, 6.45) is 1.63. The molecule has 0 bridgehead atoms. The van der Waals surface area contributed by atoms with E-state index in [0.717, 1.165) is 22.9 Å². The Morgan fingerprint density at radius 3 is 2.17 bits per heavy atom. The van der Waals surface area contributed by atoms with Crippen molar-refractivity contribution >= 4 is 38.9 Å². The average molecular weight is 475 g/mol. The highest BCUT2D eigenvalue weighted by atomic mass is 79.9. The number of anilines is 2. The van der Waals surface area contributed by atoms with Crippen molar-refractivity contribution in [1.29, 1.82) is 5.26 Å². The number of halogens is 1. The van der Waals surface area contributed by atoms with Gasteiger partial charge in [-0.3, -0.25) is 0 Å². The highest BCUT2D eigenvalue weighted by Crippen LogP contribution is 2.35. The maximum absolute atomic E-state index is 9.71. The number of ether oxygens (including phenoxy) is 2. The number of nitrogens with zero attached hydrogens (tertiary/aromatic N) is 4. The van der Waals surface area contributed by atoms with E-state index in [0.29, 0.717) is 54.9 Å². The van der Waals surface area contributed by atoms with E-state index in [1.165, 1.54) is 0 Å². The number of hydrogen-bond acceptors (Lipinski definition) is 8. The maximum atomic E-state index is 9.71. The summed E-state index contributed by atoms with van der Waals surface area (Å²) in [5.41, 5.74) is 2.44. The van der Waals surface area contributed by atoms with Gasteiger partial charge in [0.15, 0.2) is 5.82 Å². The number of azo groups is 1. The van der Waals surface area contributed by atoms with Crippen LogP contribution < -0.4 is 10.6 Å². The van der Waals surface area contributed by atoms with E-state index in [2.05, 4.69) is 47.8 Å². The van der Waals surface area contributed by atoms with E-state index >= 15 is 0 Å². The minimum Gasteiger partial charge on any atom is -0.385 e. The number of nitrogens with one attached hydrogen (secondary N) is 2. The van der Waals surface area contributed by atoms with Crippen LogP contribution in [-0.2, 0) is 9.47 Å². The van der Waals surface area contributed by atoms with Gasteiger partial charge in [-0.1, -0.05) is 15.9 Å². The molecular formula is C21H27BrN6O2. The quantitative estimate of drug-likeness (QED) is 0.317. The predicted molar refractivity (Wildman–Crippen MR) is 122 cm³/mol. The first-order chi connectivity index (χ1) is 14.6. The molecule has 0 atom stereocenters. The Morgan fingerprint density at radius 1 is 1.00 bits per heavy atom. The molecule has 2 rings (SSSR count). The molecule has 2 N–H and O–H groups in total. The van der Waals surface area contributed by atoms with Crippen LogP contribution >= 0.6 is 15.9 Å². The molecule has 0 saturated heterocycles. The van der Waals surface area contributed by atoms with Gasteiger partial charge in [-0.15, -0.1) is 5.11 Å². The van der Waals surface area contributed by atoms with Crippen LogP contribution in [0.3, 0.4) is 0 Å². The Balaban J connectivity index is 2.35. The second kappa shape index (κ2) is 12.9. The van der Waals surface area contributed by atoms with Crippen molar-refractivity contribution in [2.24, 2.45) is 10.2 Å². The van der Waals surface area contributed by atoms with Crippen molar-refractivity contribution in [3.8, 4) is 6.07 Å². The van der Waals surface area contributed by atoms with E-state index in [1.807, 2.05) is 31.2 Å². The molecule has 0 radical (unpaired) electrons. The third-order valence-corrected chi connectivity index (χ3v) is 4.78. The number of aromatic nitrogens is 1. The molecule has 1 heterocycles. The first-order valence-electron chi connectivity index (χ1n) is 9.68. The fraction of sp³-hybridized carbons (Fsp3) is 0.429. The third kappa shape index (κ3) is 7.06. The lowest BCUT2D eigenvalue weighted by molar-refractivity contribution is 0.197. The lowest BCUT2D eigenvalue weighted by Gasteiger charge is -2.15. The zero-order valence-corrected chi connectivity index (χ0v) is 19.1. The highest BCUT2D eigenvalue weighted by Gasteiger charge is 2.17. The molecule has 0 aliphatic carbocycles. The lowest BCUT2D eigenvalue weighted by Crippen LogP contribution is -2.12. The summed E-state index contributed by atoms with van der Waals surface area (Å²) in [6, 6.07) is 9.76. The molecule has 0 aliphatic heterocycles. The number of methoxy groups -OCH3 is 2. The van der Waals surface area contributed by atoms with Crippen molar-refractivity contribution in [2.75, 3.05) is 51.2 Å². The van der Waals surface area contributed by atoms with Crippen molar-refractivity contribution < 1.29 is 9.47 Å². The Labute approximate surface area is 185 Å². The summed E-state index contributed by atoms with van der Waals surface area (Å²) in [7, 11) is 3.33. The molecule has 0 spiro atoms. The zero-order chi connectivity index (χ0) is 21.8. The van der Waals surface area contributed by atoms with Crippen LogP contribution in [0.5, 0.6) is 0 Å². The van der Waals surface area contributed by atoms with Crippen molar-refractivity contribution in [3.05, 3.63) is 39.9 Å². The van der Waals surface area contributed by atoms with Crippen molar-refractivity contribution in [2.45, 2.75) is 19.8 Å². The number of rotatable bonds is 12. The number of hydrogen-bond donors (Lipinski definition) is 2. The van der Waals surface area contributed by atoms with Gasteiger partial charge in [0.25, 0.3) is 0 Å². The summed E-state index contributed by atoms with van der Waals surface area (Å²) in [5.74, 6) is 1.11. The largest absolute Gasteiger partial charge is 0.385 e. The molecule has 30 heavy (non-hydrogen) atoms. The minimum absolute atomic E-state index is 0.458. The molecule has 8 nitrogen and oxygen atoms in total. The summed E-state index contributed by atoms with van der Waals surface area (Å²) >= 11 is 3.41. The van der Waals surface area contributed by atoms with Crippen LogP contribution in [0.4, 0.5) is 23.0 Å². The summed E-state index contributed by atoms with van der Waals surface area (Å²) < 4.78 is 11.2. The molecule has 0 aliphatic rings. The van der Waals surface area contributed by atoms with E-state index in [1.54, 1.807) is 14.2 Å². The maximum Gasteiger partial charge on any atom is 0.156 e. The minimum atomic E-state index is 0.458. The molecule has 160 valence electrons. The Hall–Kier alpha value is -2.54. The van der Waals surface area contributed by atoms with Crippen LogP contribution in [0, 0.1) is 18.3 Å². The fourth-order valence-corrected chi connectivity index (χ4v) is 2.93. The molecule has 9 heteroatoms. The molecule has 1 aromatic carbocycles. The van der Waals surface area contributed by atoms with Gasteiger partial charge in [0.05, 0.1) is 11.3 Å². The standard InChI is InChI=1S/C21H27BrN6O2/c1-15-18(14-23)20(24-10-4-12-29-2)26-21(25-11-5-13-30-3)19(15)28-27-17-8-6-16(22)7-9-17/h6-9H,4-5,10-13H2,1-3H3,(H2,24,25,26). The van der Waals surface area contributed by atoms with Gasteiger partial charge in [-0.2, -0.15) is 10.4 Å². The van der Waals surface area contributed by atoms with Gasteiger partial charge in [-0.25, -0.2) is 4.98 Å². The molecule has 1 aromatic heterocycles. The van der Waals surface area contributed by atoms with Gasteiger partial charge in [0.1, 0.15) is 17.6 Å². The molecule has 2 aromatic rings. The molecule has 0 fully saturated rings. The Bertz CT molecular complexity index is 881. The van der Waals surface area contributed by atoms with Crippen LogP contribution in [-0.4, -0.2) is 45.5 Å². The first-order valence-corrected chi connectivity index (χ1v) is 10.5. The van der Waals surface area contributed by atoms with Gasteiger partial charge in [-0.05, 0) is 44.0 Å². The van der Waals surface area contributed by atoms with Gasteiger partial charge >= 0.3 is 0 Å². The molecular weight excluding hydrogens is 448 g/mol. The highest BCUT2D eigenvalue weighted by molar-refractivity contribution is 9.10. The van der Waals surface area contributed by atoms with Crippen LogP contribution in [0.25, 0.3) is 0 Å². The topological polar surface area (TPSA) is 104 Å². The lowest BCUT2D eigenvalue weighted by atomic mass is 10.1. The van der Waals surface area contributed by atoms with E-state index < -0.39 is 0 Å².